The van der Waals surface area contributed by atoms with Crippen molar-refractivity contribution in [1.82, 2.24) is 4.98 Å². The molecule has 21 heavy (non-hydrogen) atoms. The molecule has 2 rings (SSSR count). The summed E-state index contributed by atoms with van der Waals surface area (Å²) in [6, 6.07) is 11.1. The maximum absolute atomic E-state index is 11.6. The van der Waals surface area contributed by atoms with Crippen LogP contribution in [0.1, 0.15) is 26.2 Å². The van der Waals surface area contributed by atoms with Crippen LogP contribution in [0.3, 0.4) is 0 Å². The molecule has 5 heteroatoms. The lowest BCUT2D eigenvalue weighted by Gasteiger charge is -2.09. The van der Waals surface area contributed by atoms with Gasteiger partial charge in [-0.2, -0.15) is 0 Å². The number of carbonyl (C=O) groups excluding carboxylic acids is 1. The van der Waals surface area contributed by atoms with Crippen LogP contribution in [0.15, 0.2) is 42.6 Å². The Bertz CT molecular complexity index is 599. The van der Waals surface area contributed by atoms with Crippen molar-refractivity contribution in [3.05, 3.63) is 47.6 Å². The Morgan fingerprint density at radius 3 is 2.71 bits per heavy atom. The lowest BCUT2D eigenvalue weighted by Crippen LogP contribution is -2.12. The van der Waals surface area contributed by atoms with E-state index in [0.717, 1.165) is 24.2 Å². The van der Waals surface area contributed by atoms with E-state index < -0.39 is 0 Å². The van der Waals surface area contributed by atoms with Gasteiger partial charge in [-0.15, -0.1) is 0 Å². The molecule has 0 saturated heterocycles. The number of hydrogen-bond acceptors (Lipinski definition) is 3. The van der Waals surface area contributed by atoms with Crippen LogP contribution in [0, 0.1) is 0 Å². The van der Waals surface area contributed by atoms with Crippen LogP contribution in [-0.4, -0.2) is 10.9 Å². The lowest BCUT2D eigenvalue weighted by atomic mass is 10.2. The molecule has 0 spiro atoms. The Kier molecular flexibility index (Phi) is 5.58. The summed E-state index contributed by atoms with van der Waals surface area (Å²) in [5.41, 5.74) is 1.63. The fraction of sp³-hybridized carbons (Fsp3) is 0.250. The zero-order valence-electron chi connectivity index (χ0n) is 11.9. The zero-order valence-corrected chi connectivity index (χ0v) is 12.7. The highest BCUT2D eigenvalue weighted by molar-refractivity contribution is 6.33. The molecule has 0 aliphatic carbocycles. The molecule has 1 heterocycles. The first-order chi connectivity index (χ1) is 10.2. The van der Waals surface area contributed by atoms with E-state index in [9.17, 15) is 4.79 Å². The minimum Gasteiger partial charge on any atom is -0.353 e. The Hall–Kier alpha value is -2.07. The van der Waals surface area contributed by atoms with E-state index in [0.29, 0.717) is 17.3 Å². The summed E-state index contributed by atoms with van der Waals surface area (Å²) in [6.45, 7) is 2.06. The van der Waals surface area contributed by atoms with Crippen LogP contribution < -0.4 is 10.6 Å². The van der Waals surface area contributed by atoms with Gasteiger partial charge in [-0.05, 0) is 30.7 Å². The first-order valence-electron chi connectivity index (χ1n) is 6.96. The molecule has 1 amide bonds. The predicted molar refractivity (Wildman–Crippen MR) is 87.1 cm³/mol. The monoisotopic (exact) mass is 303 g/mol. The van der Waals surface area contributed by atoms with Gasteiger partial charge in [0.25, 0.3) is 0 Å². The highest BCUT2D eigenvalue weighted by Gasteiger charge is 2.03. The fourth-order valence-electron chi connectivity index (χ4n) is 1.80. The number of aromatic nitrogens is 1. The average Bonchev–Trinajstić information content (AvgIpc) is 2.49. The third-order valence-electron chi connectivity index (χ3n) is 2.94. The van der Waals surface area contributed by atoms with Crippen molar-refractivity contribution in [2.75, 3.05) is 10.6 Å². The summed E-state index contributed by atoms with van der Waals surface area (Å²) in [5.74, 6) is 0.553. The number of benzene rings is 1. The minimum absolute atomic E-state index is 0.00355. The molecule has 0 bridgehead atoms. The highest BCUT2D eigenvalue weighted by atomic mass is 35.5. The van der Waals surface area contributed by atoms with Crippen molar-refractivity contribution in [3.8, 4) is 0 Å². The number of anilines is 3. The Labute approximate surface area is 129 Å². The SMILES string of the molecule is CCCCC(=O)Nc1ccc(Nc2ccccc2Cl)cn1. The number of nitrogens with zero attached hydrogens (tertiary/aromatic N) is 1. The van der Waals surface area contributed by atoms with Crippen molar-refractivity contribution < 1.29 is 4.79 Å². The van der Waals surface area contributed by atoms with Gasteiger partial charge in [-0.1, -0.05) is 37.1 Å². The first-order valence-corrected chi connectivity index (χ1v) is 7.34. The van der Waals surface area contributed by atoms with Crippen LogP contribution in [0.25, 0.3) is 0 Å². The average molecular weight is 304 g/mol. The largest absolute Gasteiger partial charge is 0.353 e. The van der Waals surface area contributed by atoms with E-state index in [4.69, 9.17) is 11.6 Å². The summed E-state index contributed by atoms with van der Waals surface area (Å²) in [5, 5.41) is 6.60. The van der Waals surface area contributed by atoms with Gasteiger partial charge in [0.1, 0.15) is 5.82 Å². The molecule has 0 fully saturated rings. The highest BCUT2D eigenvalue weighted by Crippen LogP contribution is 2.24. The van der Waals surface area contributed by atoms with Crippen molar-refractivity contribution in [2.45, 2.75) is 26.2 Å². The molecule has 1 aromatic carbocycles. The number of carbonyl (C=O) groups is 1. The van der Waals surface area contributed by atoms with E-state index in [1.165, 1.54) is 0 Å². The second-order valence-corrected chi connectivity index (χ2v) is 5.10. The van der Waals surface area contributed by atoms with Crippen molar-refractivity contribution >= 4 is 34.7 Å². The fourth-order valence-corrected chi connectivity index (χ4v) is 1.99. The zero-order chi connectivity index (χ0) is 15.1. The number of pyridine rings is 1. The molecule has 0 radical (unpaired) electrons. The van der Waals surface area contributed by atoms with Crippen LogP contribution in [0.2, 0.25) is 5.02 Å². The standard InChI is InChI=1S/C16H18ClN3O/c1-2-3-8-16(21)20-15-10-9-12(11-18-15)19-14-7-5-4-6-13(14)17/h4-7,9-11,19H,2-3,8H2,1H3,(H,18,20,21). The van der Waals surface area contributed by atoms with Crippen LogP contribution in [0.5, 0.6) is 0 Å². The Balaban J connectivity index is 1.96. The van der Waals surface area contributed by atoms with Crippen molar-refractivity contribution in [1.29, 1.82) is 0 Å². The summed E-state index contributed by atoms with van der Waals surface area (Å²) in [7, 11) is 0. The summed E-state index contributed by atoms with van der Waals surface area (Å²) < 4.78 is 0. The number of para-hydroxylation sites is 1. The van der Waals surface area contributed by atoms with Crippen molar-refractivity contribution in [3.63, 3.8) is 0 Å². The molecule has 2 N–H and O–H groups in total. The predicted octanol–water partition coefficient (Wildman–Crippen LogP) is 4.61. The maximum Gasteiger partial charge on any atom is 0.225 e. The maximum atomic E-state index is 11.6. The number of rotatable bonds is 6. The summed E-state index contributed by atoms with van der Waals surface area (Å²) >= 11 is 6.08. The normalized spacial score (nSPS) is 10.2. The van der Waals surface area contributed by atoms with Gasteiger partial charge >= 0.3 is 0 Å². The van der Waals surface area contributed by atoms with Crippen LogP contribution >= 0.6 is 11.6 Å². The molecule has 110 valence electrons. The molecule has 0 aliphatic heterocycles. The van der Waals surface area contributed by atoms with Crippen LogP contribution in [-0.2, 0) is 4.79 Å². The van der Waals surface area contributed by atoms with Gasteiger partial charge in [0, 0.05) is 6.42 Å². The molecular formula is C16H18ClN3O. The van der Waals surface area contributed by atoms with Gasteiger partial charge in [-0.25, -0.2) is 4.98 Å². The summed E-state index contributed by atoms with van der Waals surface area (Å²) in [6.07, 6.45) is 4.08. The third-order valence-corrected chi connectivity index (χ3v) is 3.27. The topological polar surface area (TPSA) is 54.0 Å². The van der Waals surface area contributed by atoms with E-state index in [2.05, 4.69) is 22.5 Å². The molecule has 4 nitrogen and oxygen atoms in total. The van der Waals surface area contributed by atoms with E-state index in [1.807, 2.05) is 30.3 Å². The molecule has 0 aliphatic rings. The molecule has 2 aromatic rings. The van der Waals surface area contributed by atoms with Gasteiger partial charge in [0.05, 0.1) is 22.6 Å². The Morgan fingerprint density at radius 1 is 1.24 bits per heavy atom. The van der Waals surface area contributed by atoms with Crippen molar-refractivity contribution in [2.24, 2.45) is 0 Å². The van der Waals surface area contributed by atoms with E-state index in [1.54, 1.807) is 12.3 Å². The minimum atomic E-state index is -0.00355. The molecule has 0 atom stereocenters. The number of halogens is 1. The van der Waals surface area contributed by atoms with Crippen LogP contribution in [0.4, 0.5) is 17.2 Å². The quantitative estimate of drug-likeness (QED) is 0.819. The number of amides is 1. The van der Waals surface area contributed by atoms with E-state index in [-0.39, 0.29) is 5.91 Å². The smallest absolute Gasteiger partial charge is 0.225 e. The van der Waals surface area contributed by atoms with Gasteiger partial charge in [0.2, 0.25) is 5.91 Å². The second-order valence-electron chi connectivity index (χ2n) is 4.69. The van der Waals surface area contributed by atoms with Gasteiger partial charge in [-0.3, -0.25) is 4.79 Å². The summed E-state index contributed by atoms with van der Waals surface area (Å²) in [4.78, 5) is 15.8. The van der Waals surface area contributed by atoms with Gasteiger partial charge < -0.3 is 10.6 Å². The lowest BCUT2D eigenvalue weighted by molar-refractivity contribution is -0.116. The van der Waals surface area contributed by atoms with Gasteiger partial charge in [0.15, 0.2) is 0 Å². The molecule has 0 saturated carbocycles. The second kappa shape index (κ2) is 7.64. The third kappa shape index (κ3) is 4.76. The first kappa shape index (κ1) is 15.3. The molecular weight excluding hydrogens is 286 g/mol. The van der Waals surface area contributed by atoms with E-state index >= 15 is 0 Å². The number of unbranched alkanes of at least 4 members (excludes halogenated alkanes) is 1. The molecule has 1 aromatic heterocycles. The number of nitrogens with one attached hydrogen (secondary N) is 2. The number of hydrogen-bond donors (Lipinski definition) is 2. The molecule has 0 unspecified atom stereocenters. The Morgan fingerprint density at radius 2 is 2.05 bits per heavy atom.